The van der Waals surface area contributed by atoms with Crippen LogP contribution in [0, 0.1) is 0 Å². The molecule has 0 aromatic heterocycles. The highest BCUT2D eigenvalue weighted by Gasteiger charge is 2.18. The second kappa shape index (κ2) is 32.6. The average Bonchev–Trinajstić information content (AvgIpc) is 2.98. The lowest BCUT2D eigenvalue weighted by molar-refractivity contribution is -0.117. The quantitative estimate of drug-likeness (QED) is 0.0740. The van der Waals surface area contributed by atoms with Crippen LogP contribution >= 0.6 is 0 Å². The first kappa shape index (κ1) is 40.7. The van der Waals surface area contributed by atoms with Gasteiger partial charge in [-0.25, -0.2) is 0 Å². The van der Waals surface area contributed by atoms with Gasteiger partial charge in [-0.2, -0.15) is 0 Å². The van der Waals surface area contributed by atoms with E-state index in [4.69, 9.17) is 37.9 Å². The van der Waals surface area contributed by atoms with Gasteiger partial charge in [0.15, 0.2) is 0 Å². The van der Waals surface area contributed by atoms with E-state index < -0.39 is 0 Å². The molecule has 0 heterocycles. The minimum Gasteiger partial charge on any atom is -0.379 e. The van der Waals surface area contributed by atoms with Crippen molar-refractivity contribution in [3.63, 3.8) is 0 Å². The molecule has 0 aliphatic heterocycles. The van der Waals surface area contributed by atoms with Crippen LogP contribution in [0.4, 0.5) is 0 Å². The van der Waals surface area contributed by atoms with Gasteiger partial charge in [-0.3, -0.25) is 0 Å². The molecule has 0 radical (unpaired) electrons. The molecule has 0 spiro atoms. The molecule has 248 valence electrons. The number of rotatable bonds is 34. The zero-order chi connectivity index (χ0) is 30.2. The summed E-state index contributed by atoms with van der Waals surface area (Å²) in [6.07, 6.45) is 11.4. The Morgan fingerprint density at radius 1 is 0.317 bits per heavy atom. The van der Waals surface area contributed by atoms with E-state index in [1.807, 2.05) is 0 Å². The van der Waals surface area contributed by atoms with Gasteiger partial charge < -0.3 is 37.9 Å². The lowest BCUT2D eigenvalue weighted by Crippen LogP contribution is -2.34. The second-order valence-electron chi connectivity index (χ2n) is 10.8. The van der Waals surface area contributed by atoms with E-state index in [9.17, 15) is 0 Å². The predicted octanol–water partition coefficient (Wildman–Crippen LogP) is 7.00. The standard InChI is InChI=1S/C33H68O8/c1-7-13-18-34-24-31(38-20-15-9-3)26-36-23-30(12-6)41-29-33(40-22-17-11-5)28-37-27-32(39-21-16-10-4)25-35-19-14-8-2/h30-33H,7-29H2,1-6H3. The van der Waals surface area contributed by atoms with Crippen molar-refractivity contribution in [2.45, 2.75) is 137 Å². The van der Waals surface area contributed by atoms with Gasteiger partial charge in [0.25, 0.3) is 0 Å². The zero-order valence-electron chi connectivity index (χ0n) is 27.8. The third kappa shape index (κ3) is 27.0. The van der Waals surface area contributed by atoms with Gasteiger partial charge in [0, 0.05) is 33.0 Å². The van der Waals surface area contributed by atoms with Gasteiger partial charge in [-0.15, -0.1) is 0 Å². The summed E-state index contributed by atoms with van der Waals surface area (Å²) < 4.78 is 48.2. The van der Waals surface area contributed by atoms with Gasteiger partial charge in [-0.05, 0) is 38.5 Å². The summed E-state index contributed by atoms with van der Waals surface area (Å²) in [5.41, 5.74) is 0. The summed E-state index contributed by atoms with van der Waals surface area (Å²) in [5.74, 6) is 0. The number of hydrogen-bond donors (Lipinski definition) is 0. The molecule has 0 saturated carbocycles. The molecule has 41 heavy (non-hydrogen) atoms. The maximum Gasteiger partial charge on any atom is 0.104 e. The van der Waals surface area contributed by atoms with Gasteiger partial charge in [-0.1, -0.05) is 73.6 Å². The van der Waals surface area contributed by atoms with Crippen molar-refractivity contribution in [3.05, 3.63) is 0 Å². The largest absolute Gasteiger partial charge is 0.379 e. The summed E-state index contributed by atoms with van der Waals surface area (Å²) in [5, 5.41) is 0. The van der Waals surface area contributed by atoms with Crippen LogP contribution in [0.5, 0.6) is 0 Å². The maximum absolute atomic E-state index is 6.25. The van der Waals surface area contributed by atoms with Gasteiger partial charge in [0.05, 0.1) is 52.4 Å². The first-order valence-corrected chi connectivity index (χ1v) is 16.9. The van der Waals surface area contributed by atoms with Crippen molar-refractivity contribution in [1.29, 1.82) is 0 Å². The van der Waals surface area contributed by atoms with Crippen LogP contribution in [0.25, 0.3) is 0 Å². The van der Waals surface area contributed by atoms with E-state index in [2.05, 4.69) is 41.5 Å². The summed E-state index contributed by atoms with van der Waals surface area (Å²) in [4.78, 5) is 0. The first-order chi connectivity index (χ1) is 20.1. The number of unbranched alkanes of at least 4 members (excludes halogenated alkanes) is 5. The molecule has 0 saturated heterocycles. The van der Waals surface area contributed by atoms with E-state index in [1.165, 1.54) is 0 Å². The monoisotopic (exact) mass is 592 g/mol. The minimum absolute atomic E-state index is 0.0123. The lowest BCUT2D eigenvalue weighted by atomic mass is 10.3. The summed E-state index contributed by atoms with van der Waals surface area (Å²) >= 11 is 0. The van der Waals surface area contributed by atoms with E-state index in [-0.39, 0.29) is 24.4 Å². The number of hydrogen-bond acceptors (Lipinski definition) is 8. The second-order valence-corrected chi connectivity index (χ2v) is 10.8. The van der Waals surface area contributed by atoms with Crippen molar-refractivity contribution in [2.24, 2.45) is 0 Å². The predicted molar refractivity (Wildman–Crippen MR) is 167 cm³/mol. The van der Waals surface area contributed by atoms with Crippen LogP contribution in [-0.4, -0.2) is 104 Å². The Morgan fingerprint density at radius 3 is 1.00 bits per heavy atom. The molecule has 4 atom stereocenters. The van der Waals surface area contributed by atoms with Crippen molar-refractivity contribution in [3.8, 4) is 0 Å². The van der Waals surface area contributed by atoms with Gasteiger partial charge >= 0.3 is 0 Å². The Hall–Kier alpha value is -0.320. The molecule has 8 nitrogen and oxygen atoms in total. The molecule has 4 unspecified atom stereocenters. The van der Waals surface area contributed by atoms with Crippen LogP contribution in [0.2, 0.25) is 0 Å². The maximum atomic E-state index is 6.25. The average molecular weight is 593 g/mol. The summed E-state index contributed by atoms with van der Waals surface area (Å²) in [6, 6.07) is 0. The normalized spacial score (nSPS) is 14.8. The van der Waals surface area contributed by atoms with E-state index in [0.29, 0.717) is 52.9 Å². The Kier molecular flexibility index (Phi) is 32.3. The first-order valence-electron chi connectivity index (χ1n) is 16.9. The topological polar surface area (TPSA) is 73.8 Å². The Labute approximate surface area is 253 Å². The fourth-order valence-electron chi connectivity index (χ4n) is 3.73. The molecule has 0 aromatic rings. The van der Waals surface area contributed by atoms with Crippen LogP contribution in [0.3, 0.4) is 0 Å². The van der Waals surface area contributed by atoms with Crippen LogP contribution in [0.1, 0.15) is 112 Å². The Bertz CT molecular complexity index is 496. The molecule has 0 amide bonds. The summed E-state index contributed by atoms with van der Waals surface area (Å²) in [7, 11) is 0. The molecule has 8 heteroatoms. The molecule has 0 bridgehead atoms. The highest BCUT2D eigenvalue weighted by atomic mass is 16.6. The van der Waals surface area contributed by atoms with Crippen molar-refractivity contribution in [2.75, 3.05) is 79.3 Å². The SMILES string of the molecule is CCCCOCC(COCC(CC)OCC(COCC(COCCCC)OCCCC)OCCCC)OCCCC. The van der Waals surface area contributed by atoms with Crippen molar-refractivity contribution >= 4 is 0 Å². The molecular formula is C33H68O8. The van der Waals surface area contributed by atoms with Crippen LogP contribution in [0.15, 0.2) is 0 Å². The Balaban J connectivity index is 4.67. The highest BCUT2D eigenvalue weighted by molar-refractivity contribution is 4.64. The third-order valence-electron chi connectivity index (χ3n) is 6.63. The zero-order valence-corrected chi connectivity index (χ0v) is 27.8. The third-order valence-corrected chi connectivity index (χ3v) is 6.63. The van der Waals surface area contributed by atoms with Crippen molar-refractivity contribution in [1.82, 2.24) is 0 Å². The van der Waals surface area contributed by atoms with Gasteiger partial charge in [0.2, 0.25) is 0 Å². The molecule has 0 aromatic carbocycles. The van der Waals surface area contributed by atoms with E-state index in [1.54, 1.807) is 0 Å². The summed E-state index contributed by atoms with van der Waals surface area (Å²) in [6.45, 7) is 20.2. The van der Waals surface area contributed by atoms with E-state index in [0.717, 1.165) is 97.1 Å². The molecule has 0 aliphatic rings. The molecule has 0 rings (SSSR count). The fraction of sp³-hybridized carbons (Fsp3) is 1.00. The van der Waals surface area contributed by atoms with Crippen molar-refractivity contribution < 1.29 is 37.9 Å². The molecule has 0 fully saturated rings. The fourth-order valence-corrected chi connectivity index (χ4v) is 3.73. The Morgan fingerprint density at radius 2 is 0.634 bits per heavy atom. The smallest absolute Gasteiger partial charge is 0.104 e. The molecular weight excluding hydrogens is 524 g/mol. The lowest BCUT2D eigenvalue weighted by Gasteiger charge is -2.24. The molecule has 0 N–H and O–H groups in total. The van der Waals surface area contributed by atoms with Crippen LogP contribution in [-0.2, 0) is 37.9 Å². The van der Waals surface area contributed by atoms with E-state index >= 15 is 0 Å². The number of ether oxygens (including phenoxy) is 8. The molecule has 0 aliphatic carbocycles. The highest BCUT2D eigenvalue weighted by Crippen LogP contribution is 2.08. The van der Waals surface area contributed by atoms with Gasteiger partial charge in [0.1, 0.15) is 18.3 Å². The van der Waals surface area contributed by atoms with Crippen LogP contribution < -0.4 is 0 Å². The minimum atomic E-state index is -0.134.